The molecule has 4 aromatic carbocycles. The van der Waals surface area contributed by atoms with Gasteiger partial charge in [0.25, 0.3) is 0 Å². The van der Waals surface area contributed by atoms with Crippen LogP contribution < -0.4 is 9.64 Å². The van der Waals surface area contributed by atoms with Crippen LogP contribution in [0.2, 0.25) is 0 Å². The molecule has 6 aromatic rings. The van der Waals surface area contributed by atoms with Crippen molar-refractivity contribution < 1.29 is 9.13 Å². The van der Waals surface area contributed by atoms with Crippen molar-refractivity contribution in [3.05, 3.63) is 142 Å². The first-order valence-corrected chi connectivity index (χ1v) is 18.7. The third kappa shape index (κ3) is 8.48. The van der Waals surface area contributed by atoms with E-state index in [0.717, 1.165) is 68.6 Å². The van der Waals surface area contributed by atoms with Crippen molar-refractivity contribution in [1.82, 2.24) is 50.2 Å². The van der Waals surface area contributed by atoms with Crippen molar-refractivity contribution in [1.29, 1.82) is 0 Å². The number of fused-ring (bicyclic) bond motifs is 2. The molecule has 0 aliphatic carbocycles. The minimum absolute atomic E-state index is 0.0653. The molecule has 280 valence electrons. The lowest BCUT2D eigenvalue weighted by Crippen LogP contribution is -2.39. The van der Waals surface area contributed by atoms with Crippen LogP contribution in [0.5, 0.6) is 5.75 Å². The quantitative estimate of drug-likeness (QED) is 0.142. The minimum atomic E-state index is -0.189. The molecule has 12 nitrogen and oxygen atoms in total. The number of rotatable bonds is 11. The fraction of sp³-hybridized carbons (Fsp3) is 0.366. The molecule has 0 saturated carbocycles. The van der Waals surface area contributed by atoms with Gasteiger partial charge in [0.2, 0.25) is 0 Å². The van der Waals surface area contributed by atoms with Crippen LogP contribution in [0.15, 0.2) is 97.1 Å². The first kappa shape index (κ1) is 36.8. The fourth-order valence-corrected chi connectivity index (χ4v) is 7.15. The number of aryl methyl sites for hydroxylation is 1. The number of hydrogen-bond acceptors (Lipinski definition) is 10. The second-order valence-corrected chi connectivity index (χ2v) is 14.1. The van der Waals surface area contributed by atoms with E-state index in [2.05, 4.69) is 122 Å². The highest BCUT2D eigenvalue weighted by molar-refractivity contribution is 5.47. The van der Waals surface area contributed by atoms with Crippen molar-refractivity contribution in [3.63, 3.8) is 0 Å². The minimum Gasteiger partial charge on any atom is -0.494 e. The summed E-state index contributed by atoms with van der Waals surface area (Å²) >= 11 is 0. The molecule has 2 aliphatic rings. The molecule has 0 spiro atoms. The lowest BCUT2D eigenvalue weighted by atomic mass is 10.0. The van der Waals surface area contributed by atoms with E-state index < -0.39 is 0 Å². The van der Waals surface area contributed by atoms with Gasteiger partial charge in [-0.15, -0.1) is 10.2 Å². The number of unbranched alkanes of at least 4 members (excludes halogenated alkanes) is 1. The van der Waals surface area contributed by atoms with Crippen molar-refractivity contribution in [2.75, 3.05) is 38.7 Å². The van der Waals surface area contributed by atoms with E-state index in [0.29, 0.717) is 18.7 Å². The van der Waals surface area contributed by atoms with Crippen molar-refractivity contribution in [3.8, 4) is 5.75 Å². The Morgan fingerprint density at radius 3 is 1.93 bits per heavy atom. The maximum Gasteiger partial charge on any atom is 0.173 e. The van der Waals surface area contributed by atoms with E-state index in [-0.39, 0.29) is 17.9 Å². The molecule has 2 aliphatic heterocycles. The largest absolute Gasteiger partial charge is 0.494 e. The molecule has 0 amide bonds. The zero-order valence-corrected chi connectivity index (χ0v) is 31.5. The number of nitrogens with zero attached hydrogens (tertiary/aromatic N) is 11. The summed E-state index contributed by atoms with van der Waals surface area (Å²) < 4.78 is 23.7. The van der Waals surface area contributed by atoms with E-state index >= 15 is 0 Å². The van der Waals surface area contributed by atoms with Crippen LogP contribution in [0.3, 0.4) is 0 Å². The van der Waals surface area contributed by atoms with Gasteiger partial charge in [-0.05, 0) is 81.2 Å². The first-order chi connectivity index (χ1) is 26.4. The van der Waals surface area contributed by atoms with Gasteiger partial charge in [-0.25, -0.2) is 13.8 Å². The van der Waals surface area contributed by atoms with Gasteiger partial charge in [-0.1, -0.05) is 85.6 Å². The molecule has 0 radical (unpaired) electrons. The van der Waals surface area contributed by atoms with Crippen LogP contribution in [-0.4, -0.2) is 84.0 Å². The highest BCUT2D eigenvalue weighted by Crippen LogP contribution is 2.34. The van der Waals surface area contributed by atoms with Gasteiger partial charge < -0.3 is 9.64 Å². The zero-order valence-electron chi connectivity index (χ0n) is 31.5. The van der Waals surface area contributed by atoms with Crippen LogP contribution in [0.1, 0.15) is 71.3 Å². The fourth-order valence-electron chi connectivity index (χ4n) is 7.15. The standard InChI is InChI=1S/C21H24FN5O.C20H24N6/c1-2-3-14-28-18-10-8-16(9-11-18)20-21-23-24-25-27(21)13-12-26(20)15-17-6-4-5-7-19(17)22;1-15-5-4-6-16(13-15)14-25-11-12-26-20(21-22-23-26)19(25)17-7-9-18(10-8-17)24(2)3/h4-11,20H,2-3,12-15H2,1H3;4-10,13,19H,11-12,14H2,1-3H3. The molecule has 2 aromatic heterocycles. The van der Waals surface area contributed by atoms with Gasteiger partial charge >= 0.3 is 0 Å². The summed E-state index contributed by atoms with van der Waals surface area (Å²) in [5, 5.41) is 24.6. The van der Waals surface area contributed by atoms with Gasteiger partial charge in [0.15, 0.2) is 11.6 Å². The summed E-state index contributed by atoms with van der Waals surface area (Å²) in [5.74, 6) is 2.36. The van der Waals surface area contributed by atoms with Crippen LogP contribution in [0, 0.1) is 12.7 Å². The van der Waals surface area contributed by atoms with E-state index in [1.807, 2.05) is 45.8 Å². The van der Waals surface area contributed by atoms with E-state index in [9.17, 15) is 4.39 Å². The third-order valence-electron chi connectivity index (χ3n) is 10.0. The molecule has 54 heavy (non-hydrogen) atoms. The Morgan fingerprint density at radius 2 is 1.33 bits per heavy atom. The predicted molar refractivity (Wildman–Crippen MR) is 205 cm³/mol. The monoisotopic (exact) mass is 729 g/mol. The zero-order chi connectivity index (χ0) is 37.4. The Kier molecular flexibility index (Phi) is 11.6. The summed E-state index contributed by atoms with van der Waals surface area (Å²) in [6.45, 7) is 9.55. The van der Waals surface area contributed by atoms with Crippen LogP contribution in [-0.2, 0) is 26.2 Å². The Balaban J connectivity index is 0.000000167. The lowest BCUT2D eigenvalue weighted by molar-refractivity contribution is 0.162. The molecule has 2 unspecified atom stereocenters. The number of benzene rings is 4. The molecule has 4 heterocycles. The number of halogens is 1. The second kappa shape index (κ2) is 17.1. The molecule has 2 atom stereocenters. The summed E-state index contributed by atoms with van der Waals surface area (Å²) in [7, 11) is 4.11. The number of ether oxygens (including phenoxy) is 1. The summed E-state index contributed by atoms with van der Waals surface area (Å²) in [5.41, 5.74) is 6.76. The van der Waals surface area contributed by atoms with Gasteiger partial charge in [-0.2, -0.15) is 0 Å². The topological polar surface area (TPSA) is 106 Å². The molecule has 8 rings (SSSR count). The van der Waals surface area contributed by atoms with Crippen LogP contribution in [0.4, 0.5) is 10.1 Å². The average Bonchev–Trinajstić information content (AvgIpc) is 3.87. The molecule has 0 N–H and O–H groups in total. The van der Waals surface area contributed by atoms with Crippen molar-refractivity contribution in [2.24, 2.45) is 0 Å². The van der Waals surface area contributed by atoms with Crippen molar-refractivity contribution >= 4 is 5.69 Å². The van der Waals surface area contributed by atoms with Gasteiger partial charge in [0.1, 0.15) is 11.6 Å². The van der Waals surface area contributed by atoms with Gasteiger partial charge in [0, 0.05) is 51.5 Å². The Morgan fingerprint density at radius 1 is 0.722 bits per heavy atom. The smallest absolute Gasteiger partial charge is 0.173 e. The highest BCUT2D eigenvalue weighted by atomic mass is 19.1. The normalized spacial score (nSPS) is 16.9. The number of hydrogen-bond donors (Lipinski definition) is 0. The first-order valence-electron chi connectivity index (χ1n) is 18.7. The molecule has 0 fully saturated rings. The van der Waals surface area contributed by atoms with E-state index in [1.165, 1.54) is 28.4 Å². The SMILES string of the molecule is CCCCOc1ccc(C2c3nnnn3CCN2Cc2ccccc2F)cc1.Cc1cccc(CN2CCn3nnnc3C2c2ccc(N(C)C)cc2)c1. The van der Waals surface area contributed by atoms with E-state index in [1.54, 1.807) is 6.07 Å². The third-order valence-corrected chi connectivity index (χ3v) is 10.0. The summed E-state index contributed by atoms with van der Waals surface area (Å²) in [6, 6.07) is 32.3. The molecule has 13 heteroatoms. The Bertz CT molecular complexity index is 2100. The molecule has 0 saturated heterocycles. The number of aromatic nitrogens is 8. The summed E-state index contributed by atoms with van der Waals surface area (Å²) in [4.78, 5) is 6.79. The number of tetrazole rings is 2. The number of anilines is 1. The molecule has 0 bridgehead atoms. The maximum absolute atomic E-state index is 14.2. The predicted octanol–water partition coefficient (Wildman–Crippen LogP) is 6.25. The molecular formula is C41H48FN11O. The Hall–Kier alpha value is -5.53. The van der Waals surface area contributed by atoms with Crippen LogP contribution >= 0.6 is 0 Å². The van der Waals surface area contributed by atoms with Gasteiger partial charge in [0.05, 0.1) is 31.8 Å². The Labute approximate surface area is 316 Å². The van der Waals surface area contributed by atoms with Crippen molar-refractivity contribution in [2.45, 2.75) is 65.0 Å². The lowest BCUT2D eigenvalue weighted by Gasteiger charge is -2.35. The van der Waals surface area contributed by atoms with Crippen LogP contribution in [0.25, 0.3) is 0 Å². The maximum atomic E-state index is 14.2. The second-order valence-electron chi connectivity index (χ2n) is 14.1. The highest BCUT2D eigenvalue weighted by Gasteiger charge is 2.33. The van der Waals surface area contributed by atoms with Gasteiger partial charge in [-0.3, -0.25) is 9.80 Å². The molecular weight excluding hydrogens is 682 g/mol. The average molecular weight is 730 g/mol. The van der Waals surface area contributed by atoms with E-state index in [4.69, 9.17) is 4.74 Å². The summed E-state index contributed by atoms with van der Waals surface area (Å²) in [6.07, 6.45) is 2.14.